The number of likely N-dealkylation sites (N-methyl/N-ethyl adjacent to an activating group) is 1. The molecular weight excluding hydrogens is 340 g/mol. The summed E-state index contributed by atoms with van der Waals surface area (Å²) in [7, 11) is 2.22. The molecule has 1 saturated heterocycles. The molecule has 1 N–H and O–H groups in total. The van der Waals surface area contributed by atoms with Gasteiger partial charge in [-0.1, -0.05) is 0 Å². The number of benzene rings is 1. The summed E-state index contributed by atoms with van der Waals surface area (Å²) in [6.07, 6.45) is 6.03. The number of nitrogens with one attached hydrogen (secondary N) is 1. The van der Waals surface area contributed by atoms with Crippen LogP contribution in [0, 0.1) is 0 Å². The maximum absolute atomic E-state index is 5.80. The van der Waals surface area contributed by atoms with E-state index in [-0.39, 0.29) is 0 Å². The molecule has 6 nitrogen and oxygen atoms in total. The second-order valence-corrected chi connectivity index (χ2v) is 7.94. The highest BCUT2D eigenvalue weighted by Gasteiger charge is 2.29. The molecule has 0 bridgehead atoms. The summed E-state index contributed by atoms with van der Waals surface area (Å²) in [6, 6.07) is 6.15. The van der Waals surface area contributed by atoms with Crippen molar-refractivity contribution in [3.8, 4) is 17.2 Å². The van der Waals surface area contributed by atoms with Crippen LogP contribution in [-0.4, -0.2) is 54.6 Å². The van der Waals surface area contributed by atoms with Crippen molar-refractivity contribution in [1.82, 2.24) is 14.7 Å². The number of likely N-dealkylation sites (tertiary alicyclic amines) is 1. The summed E-state index contributed by atoms with van der Waals surface area (Å²) in [4.78, 5) is 2.44. The normalized spacial score (nSPS) is 22.6. The van der Waals surface area contributed by atoms with Crippen molar-refractivity contribution in [2.24, 2.45) is 0 Å². The zero-order valence-corrected chi connectivity index (χ0v) is 16.0. The number of piperidine rings is 1. The number of hydrogen-bond donors (Lipinski definition) is 1. The first kappa shape index (κ1) is 16.9. The van der Waals surface area contributed by atoms with E-state index in [1.54, 1.807) is 0 Å². The Morgan fingerprint density at radius 3 is 2.89 bits per heavy atom. The van der Waals surface area contributed by atoms with Crippen LogP contribution >= 0.6 is 0 Å². The van der Waals surface area contributed by atoms with Gasteiger partial charge in [0.05, 0.1) is 11.4 Å². The van der Waals surface area contributed by atoms with Gasteiger partial charge in [0.2, 0.25) is 0 Å². The molecule has 27 heavy (non-hydrogen) atoms. The molecule has 0 amide bonds. The van der Waals surface area contributed by atoms with Gasteiger partial charge in [-0.3, -0.25) is 0 Å². The van der Waals surface area contributed by atoms with Crippen LogP contribution in [0.1, 0.15) is 42.9 Å². The van der Waals surface area contributed by atoms with E-state index >= 15 is 0 Å². The van der Waals surface area contributed by atoms with Crippen LogP contribution in [0.5, 0.6) is 11.5 Å². The quantitative estimate of drug-likeness (QED) is 0.882. The number of nitrogens with zero attached hydrogens (tertiary/aromatic N) is 3. The molecule has 1 aromatic carbocycles. The van der Waals surface area contributed by atoms with E-state index in [0.717, 1.165) is 36.7 Å². The largest absolute Gasteiger partial charge is 0.486 e. The van der Waals surface area contributed by atoms with Crippen LogP contribution in [-0.2, 0) is 6.42 Å². The van der Waals surface area contributed by atoms with Crippen molar-refractivity contribution in [2.75, 3.05) is 45.2 Å². The number of rotatable bonds is 2. The minimum absolute atomic E-state index is 0.524. The first-order valence-corrected chi connectivity index (χ1v) is 10.2. The topological polar surface area (TPSA) is 51.6 Å². The highest BCUT2D eigenvalue weighted by atomic mass is 16.6. The third-order valence-corrected chi connectivity index (χ3v) is 5.94. The van der Waals surface area contributed by atoms with Gasteiger partial charge in [0.1, 0.15) is 19.0 Å². The molecule has 5 rings (SSSR count). The molecule has 0 radical (unpaired) electrons. The van der Waals surface area contributed by atoms with Gasteiger partial charge in [0.15, 0.2) is 11.5 Å². The van der Waals surface area contributed by atoms with Crippen molar-refractivity contribution >= 4 is 5.82 Å². The molecule has 0 aliphatic carbocycles. The molecule has 1 aromatic heterocycles. The maximum Gasteiger partial charge on any atom is 0.163 e. The van der Waals surface area contributed by atoms with Gasteiger partial charge >= 0.3 is 0 Å². The molecular formula is C21H28N4O2. The van der Waals surface area contributed by atoms with Crippen molar-refractivity contribution in [3.63, 3.8) is 0 Å². The van der Waals surface area contributed by atoms with Gasteiger partial charge in [-0.25, -0.2) is 4.68 Å². The van der Waals surface area contributed by atoms with E-state index in [4.69, 9.17) is 14.6 Å². The molecule has 0 spiro atoms. The van der Waals surface area contributed by atoms with Crippen molar-refractivity contribution in [2.45, 2.75) is 38.0 Å². The fraction of sp³-hybridized carbons (Fsp3) is 0.571. The second kappa shape index (κ2) is 7.08. The molecule has 6 heteroatoms. The molecule has 144 valence electrons. The summed E-state index contributed by atoms with van der Waals surface area (Å²) >= 11 is 0. The smallest absolute Gasteiger partial charge is 0.163 e. The lowest BCUT2D eigenvalue weighted by Gasteiger charge is -2.29. The zero-order valence-electron chi connectivity index (χ0n) is 16.0. The molecule has 4 heterocycles. The standard InChI is InChI=1S/C21H28N4O2/c1-24-10-4-5-15(14-24)20-17-6-2-3-9-22-21(17)25(23-20)16-7-8-18-19(13-16)27-12-11-26-18/h7-8,13,15,22H,2-6,9-12,14H2,1H3. The van der Waals surface area contributed by atoms with E-state index in [2.05, 4.69) is 34.1 Å². The highest BCUT2D eigenvalue weighted by molar-refractivity contribution is 5.58. The Kier molecular flexibility index (Phi) is 4.44. The summed E-state index contributed by atoms with van der Waals surface area (Å²) in [5.74, 6) is 3.34. The molecule has 1 fully saturated rings. The fourth-order valence-corrected chi connectivity index (χ4v) is 4.60. The van der Waals surface area contributed by atoms with Gasteiger partial charge < -0.3 is 19.7 Å². The molecule has 3 aliphatic heterocycles. The molecule has 1 atom stereocenters. The Hall–Kier alpha value is -2.21. The number of aromatic nitrogens is 2. The van der Waals surface area contributed by atoms with Gasteiger partial charge in [-0.05, 0) is 57.8 Å². The lowest BCUT2D eigenvalue weighted by atomic mass is 9.91. The van der Waals surface area contributed by atoms with E-state index in [1.165, 1.54) is 49.3 Å². The Morgan fingerprint density at radius 1 is 1.11 bits per heavy atom. The minimum atomic E-state index is 0.524. The fourth-order valence-electron chi connectivity index (χ4n) is 4.60. The SMILES string of the molecule is CN1CCCC(c2nn(-c3ccc4c(c3)OCCO4)c3c2CCCCN3)C1. The van der Waals surface area contributed by atoms with E-state index in [9.17, 15) is 0 Å². The summed E-state index contributed by atoms with van der Waals surface area (Å²) in [6.45, 7) is 4.52. The van der Waals surface area contributed by atoms with Crippen LogP contribution < -0.4 is 14.8 Å². The van der Waals surface area contributed by atoms with E-state index < -0.39 is 0 Å². The van der Waals surface area contributed by atoms with Gasteiger partial charge in [-0.15, -0.1) is 0 Å². The first-order chi connectivity index (χ1) is 13.3. The maximum atomic E-state index is 5.80. The number of ether oxygens (including phenoxy) is 2. The lowest BCUT2D eigenvalue weighted by Crippen LogP contribution is -2.31. The van der Waals surface area contributed by atoms with Crippen LogP contribution in [0.25, 0.3) is 5.69 Å². The van der Waals surface area contributed by atoms with Gasteiger partial charge in [-0.2, -0.15) is 5.10 Å². The van der Waals surface area contributed by atoms with Crippen LogP contribution in [0.3, 0.4) is 0 Å². The van der Waals surface area contributed by atoms with Crippen LogP contribution in [0.2, 0.25) is 0 Å². The molecule has 2 aromatic rings. The summed E-state index contributed by atoms with van der Waals surface area (Å²) < 4.78 is 13.6. The van der Waals surface area contributed by atoms with Crippen LogP contribution in [0.4, 0.5) is 5.82 Å². The molecule has 0 saturated carbocycles. The molecule has 3 aliphatic rings. The Morgan fingerprint density at radius 2 is 2.00 bits per heavy atom. The third kappa shape index (κ3) is 3.16. The number of hydrogen-bond acceptors (Lipinski definition) is 5. The average Bonchev–Trinajstić information content (AvgIpc) is 2.89. The Balaban J connectivity index is 1.58. The van der Waals surface area contributed by atoms with Crippen molar-refractivity contribution < 1.29 is 9.47 Å². The Labute approximate surface area is 160 Å². The highest BCUT2D eigenvalue weighted by Crippen LogP contribution is 2.37. The predicted octanol–water partition coefficient (Wildman–Crippen LogP) is 3.20. The summed E-state index contributed by atoms with van der Waals surface area (Å²) in [5.41, 5.74) is 3.75. The predicted molar refractivity (Wildman–Crippen MR) is 105 cm³/mol. The number of anilines is 1. The lowest BCUT2D eigenvalue weighted by molar-refractivity contribution is 0.171. The zero-order chi connectivity index (χ0) is 18.2. The monoisotopic (exact) mass is 368 g/mol. The van der Waals surface area contributed by atoms with Crippen molar-refractivity contribution in [1.29, 1.82) is 0 Å². The molecule has 1 unspecified atom stereocenters. The Bertz CT molecular complexity index is 832. The van der Waals surface area contributed by atoms with E-state index in [0.29, 0.717) is 19.1 Å². The number of fused-ring (bicyclic) bond motifs is 2. The van der Waals surface area contributed by atoms with Crippen molar-refractivity contribution in [3.05, 3.63) is 29.5 Å². The average molecular weight is 368 g/mol. The second-order valence-electron chi connectivity index (χ2n) is 7.94. The van der Waals surface area contributed by atoms with Gasteiger partial charge in [0.25, 0.3) is 0 Å². The first-order valence-electron chi connectivity index (χ1n) is 10.2. The minimum Gasteiger partial charge on any atom is -0.486 e. The van der Waals surface area contributed by atoms with Gasteiger partial charge in [0, 0.05) is 30.6 Å². The summed E-state index contributed by atoms with van der Waals surface area (Å²) in [5, 5.41) is 8.80. The van der Waals surface area contributed by atoms with E-state index in [1.807, 2.05) is 6.07 Å². The van der Waals surface area contributed by atoms with Crippen LogP contribution in [0.15, 0.2) is 18.2 Å². The third-order valence-electron chi connectivity index (χ3n) is 5.94.